The second-order valence-corrected chi connectivity index (χ2v) is 6.04. The molecule has 0 aromatic rings. The van der Waals surface area contributed by atoms with Crippen LogP contribution >= 0.6 is 0 Å². The number of esters is 1. The number of rotatable bonds is 15. The summed E-state index contributed by atoms with van der Waals surface area (Å²) in [5, 5.41) is 0. The number of carbonyl (C=O) groups excluding carboxylic acids is 1. The molecule has 1 atom stereocenters. The van der Waals surface area contributed by atoms with Crippen molar-refractivity contribution in [3.8, 4) is 0 Å². The predicted octanol–water partition coefficient (Wildman–Crippen LogP) is 6.14. The zero-order valence-electron chi connectivity index (χ0n) is 14.6. The molecule has 0 bridgehead atoms. The number of hydrogen-bond acceptors (Lipinski definition) is 2. The van der Waals surface area contributed by atoms with Crippen LogP contribution in [0.2, 0.25) is 0 Å². The Kier molecular flexibility index (Phi) is 15.9. The minimum Gasteiger partial charge on any atom is -0.469 e. The molecule has 0 fully saturated rings. The summed E-state index contributed by atoms with van der Waals surface area (Å²) < 4.78 is 18.0. The van der Waals surface area contributed by atoms with Crippen molar-refractivity contribution in [2.24, 2.45) is 0 Å². The van der Waals surface area contributed by atoms with Gasteiger partial charge in [0.05, 0.1) is 7.11 Å². The summed E-state index contributed by atoms with van der Waals surface area (Å²) >= 11 is 0. The molecule has 0 amide bonds. The maximum atomic E-state index is 13.4. The standard InChI is InChI=1S/C19H35FO2/c1-3-4-15-18(20)16-13-11-9-7-5-6-8-10-12-14-17-19(21)22-2/h11,13,18H,3-10,12,14-17H2,1-2H3/b13-11+. The number of methoxy groups -OCH3 is 1. The van der Waals surface area contributed by atoms with E-state index in [1.807, 2.05) is 6.08 Å². The highest BCUT2D eigenvalue weighted by Crippen LogP contribution is 2.12. The fourth-order valence-electron chi connectivity index (χ4n) is 2.42. The maximum Gasteiger partial charge on any atom is 0.305 e. The largest absolute Gasteiger partial charge is 0.469 e. The highest BCUT2D eigenvalue weighted by atomic mass is 19.1. The monoisotopic (exact) mass is 314 g/mol. The lowest BCUT2D eigenvalue weighted by Crippen LogP contribution is -1.99. The molecule has 0 saturated carbocycles. The molecule has 0 aliphatic heterocycles. The van der Waals surface area contributed by atoms with Gasteiger partial charge < -0.3 is 4.74 Å². The first-order valence-electron chi connectivity index (χ1n) is 9.06. The number of alkyl halides is 1. The number of ether oxygens (including phenoxy) is 1. The molecule has 0 aromatic carbocycles. The van der Waals surface area contributed by atoms with Gasteiger partial charge in [0.25, 0.3) is 0 Å². The third-order valence-electron chi connectivity index (χ3n) is 3.91. The Hall–Kier alpha value is -0.860. The van der Waals surface area contributed by atoms with Crippen LogP contribution in [-0.2, 0) is 9.53 Å². The molecular weight excluding hydrogens is 279 g/mol. The van der Waals surface area contributed by atoms with E-state index in [-0.39, 0.29) is 5.97 Å². The quantitative estimate of drug-likeness (QED) is 0.206. The normalized spacial score (nSPS) is 12.7. The molecular formula is C19H35FO2. The average Bonchev–Trinajstić information content (AvgIpc) is 2.53. The maximum absolute atomic E-state index is 13.4. The van der Waals surface area contributed by atoms with Crippen LogP contribution in [0.4, 0.5) is 4.39 Å². The number of hydrogen-bond donors (Lipinski definition) is 0. The van der Waals surface area contributed by atoms with Crippen LogP contribution in [0.15, 0.2) is 12.2 Å². The lowest BCUT2D eigenvalue weighted by molar-refractivity contribution is -0.140. The van der Waals surface area contributed by atoms with Crippen molar-refractivity contribution in [3.05, 3.63) is 12.2 Å². The van der Waals surface area contributed by atoms with E-state index < -0.39 is 6.17 Å². The summed E-state index contributed by atoms with van der Waals surface area (Å²) in [7, 11) is 1.44. The van der Waals surface area contributed by atoms with E-state index in [4.69, 9.17) is 0 Å². The topological polar surface area (TPSA) is 26.3 Å². The fraction of sp³-hybridized carbons (Fsp3) is 0.842. The van der Waals surface area contributed by atoms with Gasteiger partial charge in [-0.3, -0.25) is 4.79 Å². The Balaban J connectivity index is 3.21. The van der Waals surface area contributed by atoms with E-state index in [1.54, 1.807) is 0 Å². The molecule has 22 heavy (non-hydrogen) atoms. The first kappa shape index (κ1) is 21.1. The smallest absolute Gasteiger partial charge is 0.305 e. The van der Waals surface area contributed by atoms with Gasteiger partial charge in [0.1, 0.15) is 6.17 Å². The van der Waals surface area contributed by atoms with Crippen molar-refractivity contribution >= 4 is 5.97 Å². The van der Waals surface area contributed by atoms with Gasteiger partial charge in [0.15, 0.2) is 0 Å². The van der Waals surface area contributed by atoms with E-state index >= 15 is 0 Å². The van der Waals surface area contributed by atoms with E-state index in [9.17, 15) is 9.18 Å². The summed E-state index contributed by atoms with van der Waals surface area (Å²) in [6.07, 6.45) is 16.7. The van der Waals surface area contributed by atoms with Gasteiger partial charge in [0.2, 0.25) is 0 Å². The molecule has 3 heteroatoms. The first-order valence-corrected chi connectivity index (χ1v) is 9.06. The third kappa shape index (κ3) is 15.5. The van der Waals surface area contributed by atoms with E-state index in [0.29, 0.717) is 19.3 Å². The molecule has 0 N–H and O–H groups in total. The van der Waals surface area contributed by atoms with Gasteiger partial charge in [-0.2, -0.15) is 0 Å². The Morgan fingerprint density at radius 1 is 1.00 bits per heavy atom. The van der Waals surface area contributed by atoms with Crippen molar-refractivity contribution in [2.45, 2.75) is 96.6 Å². The fourth-order valence-corrected chi connectivity index (χ4v) is 2.42. The van der Waals surface area contributed by atoms with Gasteiger partial charge in [-0.1, -0.05) is 64.0 Å². The molecule has 0 radical (unpaired) electrons. The van der Waals surface area contributed by atoms with Crippen molar-refractivity contribution in [1.29, 1.82) is 0 Å². The second kappa shape index (κ2) is 16.5. The molecule has 0 heterocycles. The third-order valence-corrected chi connectivity index (χ3v) is 3.91. The number of allylic oxidation sites excluding steroid dienone is 2. The zero-order chi connectivity index (χ0) is 16.5. The van der Waals surface area contributed by atoms with Crippen LogP contribution < -0.4 is 0 Å². The Bertz CT molecular complexity index is 277. The molecule has 0 aliphatic carbocycles. The molecule has 0 saturated heterocycles. The Labute approximate surface area is 136 Å². The number of halogens is 1. The van der Waals surface area contributed by atoms with Crippen LogP contribution in [0, 0.1) is 0 Å². The molecule has 0 aromatic heterocycles. The average molecular weight is 314 g/mol. The van der Waals surface area contributed by atoms with E-state index in [0.717, 1.165) is 32.1 Å². The van der Waals surface area contributed by atoms with Gasteiger partial charge in [0, 0.05) is 6.42 Å². The summed E-state index contributed by atoms with van der Waals surface area (Å²) in [4.78, 5) is 10.9. The minimum absolute atomic E-state index is 0.100. The van der Waals surface area contributed by atoms with Crippen LogP contribution in [0.3, 0.4) is 0 Å². The van der Waals surface area contributed by atoms with Crippen LogP contribution in [0.5, 0.6) is 0 Å². The summed E-state index contributed by atoms with van der Waals surface area (Å²) in [6, 6.07) is 0. The summed E-state index contributed by atoms with van der Waals surface area (Å²) in [5.74, 6) is -0.100. The minimum atomic E-state index is -0.652. The second-order valence-electron chi connectivity index (χ2n) is 6.04. The Morgan fingerprint density at radius 2 is 1.64 bits per heavy atom. The summed E-state index contributed by atoms with van der Waals surface area (Å²) in [5.41, 5.74) is 0. The molecule has 2 nitrogen and oxygen atoms in total. The lowest BCUT2D eigenvalue weighted by Gasteiger charge is -2.03. The number of unbranched alkanes of at least 4 members (excludes halogenated alkanes) is 8. The van der Waals surface area contributed by atoms with Crippen molar-refractivity contribution in [1.82, 2.24) is 0 Å². The molecule has 0 rings (SSSR count). The Morgan fingerprint density at radius 3 is 2.27 bits per heavy atom. The van der Waals surface area contributed by atoms with Gasteiger partial charge >= 0.3 is 5.97 Å². The predicted molar refractivity (Wildman–Crippen MR) is 91.7 cm³/mol. The van der Waals surface area contributed by atoms with Gasteiger partial charge in [-0.05, 0) is 32.1 Å². The highest BCUT2D eigenvalue weighted by Gasteiger charge is 2.02. The van der Waals surface area contributed by atoms with Crippen molar-refractivity contribution < 1.29 is 13.9 Å². The SMILES string of the molecule is CCCCC(F)C/C=C/CCCCCCCCCC(=O)OC. The van der Waals surface area contributed by atoms with Crippen LogP contribution in [-0.4, -0.2) is 19.3 Å². The van der Waals surface area contributed by atoms with Crippen LogP contribution in [0.1, 0.15) is 90.4 Å². The molecule has 1 unspecified atom stereocenters. The zero-order valence-corrected chi connectivity index (χ0v) is 14.6. The highest BCUT2D eigenvalue weighted by molar-refractivity contribution is 5.68. The molecule has 130 valence electrons. The van der Waals surface area contributed by atoms with E-state index in [1.165, 1.54) is 39.2 Å². The summed E-state index contributed by atoms with van der Waals surface area (Å²) in [6.45, 7) is 2.10. The van der Waals surface area contributed by atoms with Crippen LogP contribution in [0.25, 0.3) is 0 Å². The van der Waals surface area contributed by atoms with Crippen molar-refractivity contribution in [2.75, 3.05) is 7.11 Å². The van der Waals surface area contributed by atoms with Gasteiger partial charge in [-0.15, -0.1) is 0 Å². The van der Waals surface area contributed by atoms with Crippen molar-refractivity contribution in [3.63, 3.8) is 0 Å². The number of carbonyl (C=O) groups is 1. The van der Waals surface area contributed by atoms with E-state index in [2.05, 4.69) is 17.7 Å². The van der Waals surface area contributed by atoms with Gasteiger partial charge in [-0.25, -0.2) is 4.39 Å². The molecule has 0 spiro atoms. The first-order chi connectivity index (χ1) is 10.7. The lowest BCUT2D eigenvalue weighted by atomic mass is 10.1. The molecule has 0 aliphatic rings.